The molecule has 0 radical (unpaired) electrons. The maximum absolute atomic E-state index is 13.7. The summed E-state index contributed by atoms with van der Waals surface area (Å²) in [6, 6.07) is 15.0. The molecule has 11 nitrogen and oxygen atoms in total. The van der Waals surface area contributed by atoms with Crippen LogP contribution < -0.4 is 15.3 Å². The number of nitrogens with one attached hydrogen (secondary N) is 1. The Kier molecular flexibility index (Phi) is 8.49. The van der Waals surface area contributed by atoms with Crippen molar-refractivity contribution >= 4 is 35.2 Å². The molecular formula is C27H28N4O7. The third-order valence-corrected chi connectivity index (χ3v) is 6.07. The van der Waals surface area contributed by atoms with Gasteiger partial charge in [-0.3, -0.25) is 14.4 Å². The van der Waals surface area contributed by atoms with Crippen LogP contribution in [0.5, 0.6) is 5.75 Å². The summed E-state index contributed by atoms with van der Waals surface area (Å²) in [5, 5.41) is 1.33. The quantitative estimate of drug-likeness (QED) is 0.333. The van der Waals surface area contributed by atoms with E-state index in [4.69, 9.17) is 14.3 Å². The number of hydrogen-bond donors (Lipinski definition) is 1. The average molecular weight is 521 g/mol. The predicted molar refractivity (Wildman–Crippen MR) is 137 cm³/mol. The van der Waals surface area contributed by atoms with Crippen LogP contribution in [0, 0.1) is 5.92 Å². The van der Waals surface area contributed by atoms with Crippen LogP contribution in [0.3, 0.4) is 0 Å². The number of carbonyl (C=O) groups excluding carboxylic acids is 4. The minimum atomic E-state index is -0.767. The van der Waals surface area contributed by atoms with Crippen molar-refractivity contribution in [2.75, 3.05) is 31.8 Å². The van der Waals surface area contributed by atoms with E-state index in [9.17, 15) is 19.2 Å². The molecule has 2 aromatic rings. The number of likely N-dealkylation sites (tertiary alicyclic amines) is 1. The molecule has 1 N–H and O–H groups in total. The molecule has 2 fully saturated rings. The zero-order valence-electron chi connectivity index (χ0n) is 21.1. The zero-order valence-corrected chi connectivity index (χ0v) is 21.1. The van der Waals surface area contributed by atoms with Gasteiger partial charge in [0.25, 0.3) is 11.8 Å². The van der Waals surface area contributed by atoms with E-state index in [2.05, 4.69) is 10.6 Å². The van der Waals surface area contributed by atoms with Crippen molar-refractivity contribution in [3.8, 4) is 5.75 Å². The SMILES string of the molecule is CCOC(=O)C1CCCN(C(=O)C(/C=C2\C(=O)ONN2c2ccc(OC)cc2)=NC(=O)c2ccccc2)C1. The van der Waals surface area contributed by atoms with Crippen molar-refractivity contribution in [3.05, 3.63) is 71.9 Å². The van der Waals surface area contributed by atoms with Crippen LogP contribution in [0.4, 0.5) is 5.69 Å². The van der Waals surface area contributed by atoms with E-state index >= 15 is 0 Å². The lowest BCUT2D eigenvalue weighted by molar-refractivity contribution is -0.150. The number of carbonyl (C=O) groups is 4. The number of methoxy groups -OCH3 is 1. The van der Waals surface area contributed by atoms with Gasteiger partial charge in [-0.15, -0.1) is 0 Å². The summed E-state index contributed by atoms with van der Waals surface area (Å²) >= 11 is 0. The van der Waals surface area contributed by atoms with Gasteiger partial charge in [0.2, 0.25) is 0 Å². The number of rotatable bonds is 7. The Hall–Kier alpha value is -4.51. The molecule has 4 rings (SSSR count). The van der Waals surface area contributed by atoms with Gasteiger partial charge in [-0.2, -0.15) is 0 Å². The topological polar surface area (TPSA) is 127 Å². The number of amides is 2. The molecule has 2 aliphatic rings. The first-order valence-corrected chi connectivity index (χ1v) is 12.2. The first kappa shape index (κ1) is 26.6. The van der Waals surface area contributed by atoms with Gasteiger partial charge >= 0.3 is 11.9 Å². The molecule has 0 aromatic heterocycles. The highest BCUT2D eigenvalue weighted by molar-refractivity contribution is 6.45. The Morgan fingerprint density at radius 1 is 1.13 bits per heavy atom. The van der Waals surface area contributed by atoms with E-state index in [1.54, 1.807) is 61.5 Å². The summed E-state index contributed by atoms with van der Waals surface area (Å²) in [4.78, 5) is 62.1. The number of esters is 1. The third-order valence-electron chi connectivity index (χ3n) is 6.07. The molecule has 38 heavy (non-hydrogen) atoms. The van der Waals surface area contributed by atoms with Gasteiger partial charge in [-0.25, -0.2) is 14.8 Å². The fourth-order valence-corrected chi connectivity index (χ4v) is 4.13. The van der Waals surface area contributed by atoms with Gasteiger partial charge in [0, 0.05) is 24.7 Å². The smallest absolute Gasteiger partial charge is 0.376 e. The first-order chi connectivity index (χ1) is 18.4. The molecule has 0 aliphatic carbocycles. The van der Waals surface area contributed by atoms with E-state index < -0.39 is 23.7 Å². The number of aliphatic imine (C=N–C) groups is 1. The highest BCUT2D eigenvalue weighted by atomic mass is 16.7. The lowest BCUT2D eigenvalue weighted by Gasteiger charge is -2.31. The zero-order chi connectivity index (χ0) is 27.1. The number of anilines is 1. The van der Waals surface area contributed by atoms with Crippen molar-refractivity contribution in [1.82, 2.24) is 10.5 Å². The van der Waals surface area contributed by atoms with Crippen LogP contribution in [0.1, 0.15) is 30.1 Å². The molecule has 0 saturated carbocycles. The third kappa shape index (κ3) is 6.06. The minimum absolute atomic E-state index is 0.0536. The Labute approximate surface area is 219 Å². The molecule has 198 valence electrons. The fourth-order valence-electron chi connectivity index (χ4n) is 4.13. The Balaban J connectivity index is 1.69. The lowest BCUT2D eigenvalue weighted by atomic mass is 9.97. The van der Waals surface area contributed by atoms with Crippen LogP contribution >= 0.6 is 0 Å². The predicted octanol–water partition coefficient (Wildman–Crippen LogP) is 2.45. The summed E-state index contributed by atoms with van der Waals surface area (Å²) in [6.07, 6.45) is 2.37. The fraction of sp³-hybridized carbons (Fsp3) is 0.296. The van der Waals surface area contributed by atoms with E-state index in [0.717, 1.165) is 0 Å². The molecule has 1 atom stereocenters. The number of ether oxygens (including phenoxy) is 2. The maximum Gasteiger partial charge on any atom is 0.376 e. The second-order valence-electron chi connectivity index (χ2n) is 8.55. The second kappa shape index (κ2) is 12.2. The second-order valence-corrected chi connectivity index (χ2v) is 8.55. The summed E-state index contributed by atoms with van der Waals surface area (Å²) < 4.78 is 10.3. The highest BCUT2D eigenvalue weighted by Gasteiger charge is 2.34. The lowest BCUT2D eigenvalue weighted by Crippen LogP contribution is -2.45. The standard InChI is InChI=1S/C27H28N4O7/c1-3-37-26(34)19-10-7-15-30(17-19)25(33)22(28-24(32)18-8-5-4-6-9-18)16-23-27(35)38-29-31(23)20-11-13-21(36-2)14-12-20/h4-6,8-9,11-14,16,19,29H,3,7,10,15,17H2,1-2H3/b23-16+,28-22?. The van der Waals surface area contributed by atoms with Gasteiger partial charge in [-0.1, -0.05) is 23.8 Å². The van der Waals surface area contributed by atoms with E-state index in [1.165, 1.54) is 23.1 Å². The van der Waals surface area contributed by atoms with Crippen LogP contribution in [0.15, 0.2) is 71.4 Å². The molecule has 0 bridgehead atoms. The van der Waals surface area contributed by atoms with Gasteiger partial charge in [-0.05, 0) is 56.2 Å². The molecule has 0 spiro atoms. The molecule has 2 amide bonds. The summed E-state index contributed by atoms with van der Waals surface area (Å²) in [5.74, 6) is -2.27. The van der Waals surface area contributed by atoms with Gasteiger partial charge in [0.15, 0.2) is 5.70 Å². The maximum atomic E-state index is 13.7. The molecular weight excluding hydrogens is 492 g/mol. The van der Waals surface area contributed by atoms with Crippen molar-refractivity contribution in [1.29, 1.82) is 0 Å². The van der Waals surface area contributed by atoms with Crippen LogP contribution in [0.25, 0.3) is 0 Å². The van der Waals surface area contributed by atoms with E-state index in [0.29, 0.717) is 30.8 Å². The summed E-state index contributed by atoms with van der Waals surface area (Å²) in [5.41, 5.74) is 2.98. The van der Waals surface area contributed by atoms with Crippen LogP contribution in [0.2, 0.25) is 0 Å². The molecule has 11 heteroatoms. The van der Waals surface area contributed by atoms with Crippen LogP contribution in [-0.2, 0) is 24.0 Å². The van der Waals surface area contributed by atoms with Crippen molar-refractivity contribution in [2.45, 2.75) is 19.8 Å². The molecule has 2 aliphatic heterocycles. The molecule has 2 saturated heterocycles. The Morgan fingerprint density at radius 2 is 1.87 bits per heavy atom. The van der Waals surface area contributed by atoms with Crippen molar-refractivity contribution in [3.63, 3.8) is 0 Å². The van der Waals surface area contributed by atoms with Crippen molar-refractivity contribution in [2.24, 2.45) is 10.9 Å². The summed E-state index contributed by atoms with van der Waals surface area (Å²) in [7, 11) is 1.53. The molecule has 2 heterocycles. The number of nitrogens with zero attached hydrogens (tertiary/aromatic N) is 3. The van der Waals surface area contributed by atoms with Crippen molar-refractivity contribution < 1.29 is 33.5 Å². The van der Waals surface area contributed by atoms with Gasteiger partial charge in [0.1, 0.15) is 11.5 Å². The first-order valence-electron chi connectivity index (χ1n) is 12.2. The normalized spacial score (nSPS) is 18.8. The highest BCUT2D eigenvalue weighted by Crippen LogP contribution is 2.25. The number of benzene rings is 2. The summed E-state index contributed by atoms with van der Waals surface area (Å²) in [6.45, 7) is 2.44. The Morgan fingerprint density at radius 3 is 2.55 bits per heavy atom. The van der Waals surface area contributed by atoms with E-state index in [1.807, 2.05) is 0 Å². The van der Waals surface area contributed by atoms with Gasteiger partial charge < -0.3 is 19.2 Å². The van der Waals surface area contributed by atoms with E-state index in [-0.39, 0.29) is 36.1 Å². The Bertz CT molecular complexity index is 1260. The average Bonchev–Trinajstić information content (AvgIpc) is 3.32. The minimum Gasteiger partial charge on any atom is -0.497 e. The van der Waals surface area contributed by atoms with Gasteiger partial charge in [0.05, 0.1) is 25.3 Å². The monoisotopic (exact) mass is 520 g/mol. The molecule has 1 unspecified atom stereocenters. The van der Waals surface area contributed by atoms with Crippen LogP contribution in [-0.4, -0.2) is 61.2 Å². The molecule has 2 aromatic carbocycles. The largest absolute Gasteiger partial charge is 0.497 e. The number of piperidine rings is 1. The number of hydrogen-bond acceptors (Lipinski definition) is 9. The number of hydrazine groups is 1.